The van der Waals surface area contributed by atoms with Crippen molar-refractivity contribution in [1.82, 2.24) is 5.32 Å². The lowest BCUT2D eigenvalue weighted by atomic mass is 10.3. The number of carbonyl (C=O) groups is 1. The molecule has 0 fully saturated rings. The fourth-order valence-electron chi connectivity index (χ4n) is 0.544. The maximum absolute atomic E-state index is 12.2. The van der Waals surface area contributed by atoms with Gasteiger partial charge < -0.3 is 11.1 Å². The molecule has 0 aromatic heterocycles. The average molecular weight is 220 g/mol. The largest absolute Gasteiger partial charge is 0.463 e. The Morgan fingerprint density at radius 3 is 2.07 bits per heavy atom. The van der Waals surface area contributed by atoms with Gasteiger partial charge in [-0.3, -0.25) is 4.79 Å². The number of nitrogens with two attached hydrogens (primary N) is 1. The van der Waals surface area contributed by atoms with E-state index >= 15 is 0 Å². The maximum Gasteiger partial charge on any atom is 0.463 e. The Morgan fingerprint density at radius 2 is 1.71 bits per heavy atom. The normalized spacial score (nSPS) is 12.7. The van der Waals surface area contributed by atoms with Gasteiger partial charge in [0.2, 0.25) is 0 Å². The van der Waals surface area contributed by atoms with E-state index in [1.165, 1.54) is 5.32 Å². The van der Waals surface area contributed by atoms with Gasteiger partial charge in [-0.2, -0.15) is 22.0 Å². The van der Waals surface area contributed by atoms with Gasteiger partial charge >= 0.3 is 12.1 Å². The molecule has 1 amide bonds. The number of rotatable bonds is 4. The molecule has 0 atom stereocenters. The van der Waals surface area contributed by atoms with Gasteiger partial charge in [0.25, 0.3) is 5.91 Å². The van der Waals surface area contributed by atoms with E-state index in [4.69, 9.17) is 5.73 Å². The van der Waals surface area contributed by atoms with E-state index in [0.29, 0.717) is 0 Å². The monoisotopic (exact) mass is 220 g/mol. The van der Waals surface area contributed by atoms with Crippen LogP contribution in [0.15, 0.2) is 0 Å². The number of halogens is 5. The van der Waals surface area contributed by atoms with Crippen molar-refractivity contribution in [3.63, 3.8) is 0 Å². The summed E-state index contributed by atoms with van der Waals surface area (Å²) in [4.78, 5) is 10.4. The number of nitrogens with one attached hydrogen (secondary N) is 1. The Kier molecular flexibility index (Phi) is 4.24. The summed E-state index contributed by atoms with van der Waals surface area (Å²) in [6.07, 6.45) is -5.72. The van der Waals surface area contributed by atoms with Crippen molar-refractivity contribution < 1.29 is 26.7 Å². The fourth-order valence-corrected chi connectivity index (χ4v) is 0.544. The molecule has 14 heavy (non-hydrogen) atoms. The molecule has 0 aliphatic rings. The van der Waals surface area contributed by atoms with Crippen LogP contribution in [0, 0.1) is 0 Å². The predicted molar refractivity (Wildman–Crippen MR) is 37.7 cm³/mol. The van der Waals surface area contributed by atoms with Gasteiger partial charge in [-0.05, 0) is 13.0 Å². The summed E-state index contributed by atoms with van der Waals surface area (Å²) in [5, 5.41) is 1.44. The second kappa shape index (κ2) is 4.54. The van der Waals surface area contributed by atoms with Crippen LogP contribution in [-0.2, 0) is 4.79 Å². The van der Waals surface area contributed by atoms with Crippen molar-refractivity contribution >= 4 is 5.91 Å². The van der Waals surface area contributed by atoms with Crippen LogP contribution in [0.1, 0.15) is 6.42 Å². The number of alkyl halides is 5. The summed E-state index contributed by atoms with van der Waals surface area (Å²) < 4.78 is 59.0. The highest BCUT2D eigenvalue weighted by Crippen LogP contribution is 2.35. The summed E-state index contributed by atoms with van der Waals surface area (Å²) >= 11 is 0. The summed E-state index contributed by atoms with van der Waals surface area (Å²) in [7, 11) is 0. The Bertz CT molecular complexity index is 203. The molecular weight excluding hydrogens is 211 g/mol. The fraction of sp³-hybridized carbons (Fsp3) is 0.833. The second-order valence-electron chi connectivity index (χ2n) is 2.47. The molecule has 3 N–H and O–H groups in total. The summed E-state index contributed by atoms with van der Waals surface area (Å²) in [6, 6.07) is 0. The van der Waals surface area contributed by atoms with E-state index in [2.05, 4.69) is 0 Å². The third-order valence-electron chi connectivity index (χ3n) is 1.31. The highest BCUT2D eigenvalue weighted by atomic mass is 19.4. The summed E-state index contributed by atoms with van der Waals surface area (Å²) in [5.41, 5.74) is 4.95. The van der Waals surface area contributed by atoms with E-state index in [1.807, 2.05) is 0 Å². The molecule has 0 radical (unpaired) electrons. The third kappa shape index (κ3) is 3.09. The number of amides is 1. The number of hydrogen-bond acceptors (Lipinski definition) is 2. The smallest absolute Gasteiger partial charge is 0.351 e. The van der Waals surface area contributed by atoms with Crippen molar-refractivity contribution in [3.8, 4) is 0 Å². The minimum absolute atomic E-state index is 0.0951. The van der Waals surface area contributed by atoms with Crippen LogP contribution in [0.2, 0.25) is 0 Å². The summed E-state index contributed by atoms with van der Waals surface area (Å²) in [6.45, 7) is -0.209. The lowest BCUT2D eigenvalue weighted by Gasteiger charge is -2.18. The molecule has 0 aliphatic carbocycles. The zero-order valence-electron chi connectivity index (χ0n) is 7.00. The molecule has 0 bridgehead atoms. The molecule has 8 heteroatoms. The van der Waals surface area contributed by atoms with Crippen LogP contribution in [-0.4, -0.2) is 31.1 Å². The van der Waals surface area contributed by atoms with Crippen molar-refractivity contribution in [1.29, 1.82) is 0 Å². The van der Waals surface area contributed by atoms with Crippen molar-refractivity contribution in [3.05, 3.63) is 0 Å². The first-order valence-electron chi connectivity index (χ1n) is 3.66. The molecule has 0 aromatic rings. The topological polar surface area (TPSA) is 55.1 Å². The Hall–Kier alpha value is -0.920. The molecule has 3 nitrogen and oxygen atoms in total. The van der Waals surface area contributed by atoms with E-state index in [1.54, 1.807) is 0 Å². The average Bonchev–Trinajstić information content (AvgIpc) is 2.02. The van der Waals surface area contributed by atoms with E-state index in [9.17, 15) is 26.7 Å². The van der Waals surface area contributed by atoms with E-state index in [0.717, 1.165) is 0 Å². The van der Waals surface area contributed by atoms with Gasteiger partial charge in [-0.1, -0.05) is 0 Å². The second-order valence-corrected chi connectivity index (χ2v) is 2.47. The van der Waals surface area contributed by atoms with E-state index < -0.39 is 18.0 Å². The van der Waals surface area contributed by atoms with Crippen LogP contribution < -0.4 is 11.1 Å². The number of carbonyl (C=O) groups excluding carboxylic acids is 1. The molecule has 0 saturated heterocycles. The first-order valence-corrected chi connectivity index (χ1v) is 3.66. The lowest BCUT2D eigenvalue weighted by Crippen LogP contribution is -2.50. The van der Waals surface area contributed by atoms with Gasteiger partial charge in [0.05, 0.1) is 0 Å². The molecule has 0 saturated carbocycles. The third-order valence-corrected chi connectivity index (χ3v) is 1.31. The molecule has 0 heterocycles. The Labute approximate surface area is 76.4 Å². The van der Waals surface area contributed by atoms with Gasteiger partial charge in [0.1, 0.15) is 0 Å². The SMILES string of the molecule is NCCCNC(=O)C(F)(F)C(F)(F)F. The highest BCUT2D eigenvalue weighted by molar-refractivity contribution is 5.84. The van der Waals surface area contributed by atoms with Crippen LogP contribution in [0.25, 0.3) is 0 Å². The Morgan fingerprint density at radius 1 is 1.21 bits per heavy atom. The van der Waals surface area contributed by atoms with Crippen LogP contribution in [0.3, 0.4) is 0 Å². The van der Waals surface area contributed by atoms with Gasteiger partial charge in [0, 0.05) is 6.54 Å². The van der Waals surface area contributed by atoms with E-state index in [-0.39, 0.29) is 19.5 Å². The Balaban J connectivity index is 4.23. The van der Waals surface area contributed by atoms with Crippen LogP contribution >= 0.6 is 0 Å². The first kappa shape index (κ1) is 13.1. The van der Waals surface area contributed by atoms with Crippen molar-refractivity contribution in [2.24, 2.45) is 5.73 Å². The molecule has 0 rings (SSSR count). The van der Waals surface area contributed by atoms with Crippen LogP contribution in [0.5, 0.6) is 0 Å². The zero-order chi connectivity index (χ0) is 11.4. The van der Waals surface area contributed by atoms with Gasteiger partial charge in [-0.25, -0.2) is 0 Å². The lowest BCUT2D eigenvalue weighted by molar-refractivity contribution is -0.269. The minimum Gasteiger partial charge on any atom is -0.351 e. The zero-order valence-corrected chi connectivity index (χ0v) is 7.00. The predicted octanol–water partition coefficient (Wildman–Crippen LogP) is 0.649. The van der Waals surface area contributed by atoms with Crippen LogP contribution in [0.4, 0.5) is 22.0 Å². The first-order chi connectivity index (χ1) is 6.23. The molecule has 0 unspecified atom stereocenters. The van der Waals surface area contributed by atoms with Crippen molar-refractivity contribution in [2.75, 3.05) is 13.1 Å². The molecule has 0 aromatic carbocycles. The van der Waals surface area contributed by atoms with Gasteiger partial charge in [0.15, 0.2) is 0 Å². The highest BCUT2D eigenvalue weighted by Gasteiger charge is 2.63. The molecule has 84 valence electrons. The minimum atomic E-state index is -5.86. The maximum atomic E-state index is 12.2. The molecular formula is C6H9F5N2O. The standard InChI is InChI=1S/C6H9F5N2O/c7-5(8,6(9,10)11)4(14)13-3-1-2-12/h1-3,12H2,(H,13,14). The quantitative estimate of drug-likeness (QED) is 0.539. The summed E-state index contributed by atoms with van der Waals surface area (Å²) in [5.74, 6) is -7.69. The van der Waals surface area contributed by atoms with Crippen molar-refractivity contribution in [2.45, 2.75) is 18.5 Å². The van der Waals surface area contributed by atoms with Gasteiger partial charge in [-0.15, -0.1) is 0 Å². The molecule has 0 aliphatic heterocycles. The number of hydrogen-bond donors (Lipinski definition) is 2. The molecule has 0 spiro atoms.